The topological polar surface area (TPSA) is 79.4 Å². The Kier molecular flexibility index (Phi) is 7.89. The minimum Gasteiger partial charge on any atom is -0.374 e. The van der Waals surface area contributed by atoms with Crippen LogP contribution in [0.5, 0.6) is 0 Å². The van der Waals surface area contributed by atoms with Crippen LogP contribution in [0.25, 0.3) is 0 Å². The summed E-state index contributed by atoms with van der Waals surface area (Å²) in [7, 11) is 0. The van der Waals surface area contributed by atoms with Gasteiger partial charge in [0.25, 0.3) is 0 Å². The molecule has 4 rings (SSSR count). The van der Waals surface area contributed by atoms with E-state index >= 15 is 0 Å². The standard InChI is InChI=1S/C22H25N5O2S2/c28-20(16-30-22-26-25-21(31-22)24-18-9-5-2-6-10-18)23-13-19-15-27(11-12-29-19)14-17-7-3-1-4-8-17/h1-10,19H,11-16H2,(H,23,28)(H,24,25). The second-order valence-electron chi connectivity index (χ2n) is 7.17. The third-order valence-corrected chi connectivity index (χ3v) is 6.73. The van der Waals surface area contributed by atoms with Gasteiger partial charge in [-0.3, -0.25) is 9.69 Å². The zero-order chi connectivity index (χ0) is 21.3. The molecule has 1 aromatic heterocycles. The number of hydrogen-bond donors (Lipinski definition) is 2. The van der Waals surface area contributed by atoms with Gasteiger partial charge in [0.05, 0.1) is 18.5 Å². The minimum absolute atomic E-state index is 0.00890. The van der Waals surface area contributed by atoms with Gasteiger partial charge in [-0.05, 0) is 17.7 Å². The number of rotatable bonds is 9. The van der Waals surface area contributed by atoms with Gasteiger partial charge in [0.1, 0.15) is 0 Å². The summed E-state index contributed by atoms with van der Waals surface area (Å²) >= 11 is 2.83. The van der Waals surface area contributed by atoms with E-state index in [4.69, 9.17) is 4.74 Å². The highest BCUT2D eigenvalue weighted by Crippen LogP contribution is 2.27. The molecule has 1 saturated heterocycles. The number of ether oxygens (including phenoxy) is 1. The van der Waals surface area contributed by atoms with Crippen LogP contribution in [0.2, 0.25) is 0 Å². The van der Waals surface area contributed by atoms with Crippen LogP contribution in [0.4, 0.5) is 10.8 Å². The first-order chi connectivity index (χ1) is 15.2. The predicted molar refractivity (Wildman–Crippen MR) is 125 cm³/mol. The number of carbonyl (C=O) groups excluding carboxylic acids is 1. The molecule has 0 spiro atoms. The van der Waals surface area contributed by atoms with Gasteiger partial charge < -0.3 is 15.4 Å². The van der Waals surface area contributed by atoms with Crippen molar-refractivity contribution < 1.29 is 9.53 Å². The van der Waals surface area contributed by atoms with Crippen LogP contribution in [0.15, 0.2) is 65.0 Å². The number of benzene rings is 2. The molecule has 2 aromatic carbocycles. The lowest BCUT2D eigenvalue weighted by molar-refractivity contribution is -0.119. The summed E-state index contributed by atoms with van der Waals surface area (Å²) in [6.07, 6.45) is 0.00890. The van der Waals surface area contributed by atoms with Crippen molar-refractivity contribution in [3.63, 3.8) is 0 Å². The molecule has 162 valence electrons. The normalized spacial score (nSPS) is 16.7. The van der Waals surface area contributed by atoms with Crippen LogP contribution < -0.4 is 10.6 Å². The van der Waals surface area contributed by atoms with E-state index in [1.165, 1.54) is 28.7 Å². The van der Waals surface area contributed by atoms with Gasteiger partial charge in [0.15, 0.2) is 4.34 Å². The number of amides is 1. The SMILES string of the molecule is O=C(CSc1nnc(Nc2ccccc2)s1)NCC1CN(Cc2ccccc2)CCO1. The first-order valence-corrected chi connectivity index (χ1v) is 12.0. The molecule has 1 atom stereocenters. The lowest BCUT2D eigenvalue weighted by Gasteiger charge is -2.33. The van der Waals surface area contributed by atoms with Crippen molar-refractivity contribution in [3.8, 4) is 0 Å². The molecule has 1 aliphatic rings. The smallest absolute Gasteiger partial charge is 0.230 e. The fourth-order valence-corrected chi connectivity index (χ4v) is 4.86. The molecule has 3 aromatic rings. The highest BCUT2D eigenvalue weighted by molar-refractivity contribution is 8.01. The Morgan fingerprint density at radius 2 is 1.90 bits per heavy atom. The minimum atomic E-state index is -0.0263. The number of nitrogens with zero attached hydrogens (tertiary/aromatic N) is 3. The highest BCUT2D eigenvalue weighted by Gasteiger charge is 2.21. The van der Waals surface area contributed by atoms with E-state index in [0.29, 0.717) is 24.0 Å². The number of hydrogen-bond acceptors (Lipinski definition) is 8. The maximum atomic E-state index is 12.3. The zero-order valence-corrected chi connectivity index (χ0v) is 18.7. The molecule has 1 aliphatic heterocycles. The van der Waals surface area contributed by atoms with Gasteiger partial charge in [-0.1, -0.05) is 71.6 Å². The maximum Gasteiger partial charge on any atom is 0.230 e. The van der Waals surface area contributed by atoms with E-state index in [1.807, 2.05) is 36.4 Å². The van der Waals surface area contributed by atoms with E-state index in [0.717, 1.165) is 29.7 Å². The maximum absolute atomic E-state index is 12.3. The van der Waals surface area contributed by atoms with Crippen LogP contribution >= 0.6 is 23.1 Å². The first kappa shape index (κ1) is 21.8. The third kappa shape index (κ3) is 7.03. The number of aromatic nitrogens is 2. The van der Waals surface area contributed by atoms with Crippen molar-refractivity contribution in [2.75, 3.05) is 37.3 Å². The molecule has 2 heterocycles. The monoisotopic (exact) mass is 455 g/mol. The highest BCUT2D eigenvalue weighted by atomic mass is 32.2. The van der Waals surface area contributed by atoms with Crippen molar-refractivity contribution in [2.45, 2.75) is 17.0 Å². The molecule has 1 amide bonds. The van der Waals surface area contributed by atoms with Gasteiger partial charge in [0, 0.05) is 31.9 Å². The summed E-state index contributed by atoms with van der Waals surface area (Å²) in [4.78, 5) is 14.6. The van der Waals surface area contributed by atoms with Crippen molar-refractivity contribution in [1.29, 1.82) is 0 Å². The number of carbonyl (C=O) groups is 1. The van der Waals surface area contributed by atoms with E-state index < -0.39 is 0 Å². The molecule has 7 nitrogen and oxygen atoms in total. The number of thioether (sulfide) groups is 1. The Bertz CT molecular complexity index is 955. The second kappa shape index (κ2) is 11.2. The Hall–Kier alpha value is -2.46. The molecular weight excluding hydrogens is 430 g/mol. The number of para-hydroxylation sites is 1. The molecule has 9 heteroatoms. The zero-order valence-electron chi connectivity index (χ0n) is 17.1. The van der Waals surface area contributed by atoms with Gasteiger partial charge in [-0.2, -0.15) is 0 Å². The summed E-state index contributed by atoms with van der Waals surface area (Å²) < 4.78 is 6.59. The summed E-state index contributed by atoms with van der Waals surface area (Å²) in [5.74, 6) is 0.280. The number of anilines is 2. The Balaban J connectivity index is 1.16. The van der Waals surface area contributed by atoms with Gasteiger partial charge in [-0.25, -0.2) is 0 Å². The van der Waals surface area contributed by atoms with Crippen LogP contribution in [-0.4, -0.2) is 59.1 Å². The summed E-state index contributed by atoms with van der Waals surface area (Å²) in [5, 5.41) is 15.2. The second-order valence-corrected chi connectivity index (χ2v) is 9.37. The van der Waals surface area contributed by atoms with Crippen molar-refractivity contribution >= 4 is 39.8 Å². The van der Waals surface area contributed by atoms with Crippen molar-refractivity contribution in [1.82, 2.24) is 20.4 Å². The van der Waals surface area contributed by atoms with Gasteiger partial charge >= 0.3 is 0 Å². The molecule has 2 N–H and O–H groups in total. The lowest BCUT2D eigenvalue weighted by Crippen LogP contribution is -2.47. The lowest BCUT2D eigenvalue weighted by atomic mass is 10.2. The molecular formula is C22H25N5O2S2. The molecule has 0 radical (unpaired) electrons. The molecule has 0 aliphatic carbocycles. The van der Waals surface area contributed by atoms with E-state index in [1.54, 1.807) is 0 Å². The van der Waals surface area contributed by atoms with E-state index in [2.05, 4.69) is 50.0 Å². The molecule has 0 saturated carbocycles. The summed E-state index contributed by atoms with van der Waals surface area (Å²) in [6.45, 7) is 3.82. The number of morpholine rings is 1. The Labute approximate surface area is 190 Å². The van der Waals surface area contributed by atoms with Crippen molar-refractivity contribution in [2.24, 2.45) is 0 Å². The Morgan fingerprint density at radius 1 is 1.13 bits per heavy atom. The van der Waals surface area contributed by atoms with Crippen LogP contribution in [0, 0.1) is 0 Å². The molecule has 31 heavy (non-hydrogen) atoms. The van der Waals surface area contributed by atoms with Crippen molar-refractivity contribution in [3.05, 3.63) is 66.2 Å². The fraction of sp³-hybridized carbons (Fsp3) is 0.318. The van der Waals surface area contributed by atoms with Crippen LogP contribution in [-0.2, 0) is 16.1 Å². The number of nitrogens with one attached hydrogen (secondary N) is 2. The van der Waals surface area contributed by atoms with Gasteiger partial charge in [0.2, 0.25) is 11.0 Å². The first-order valence-electron chi connectivity index (χ1n) is 10.2. The average Bonchev–Trinajstić information content (AvgIpc) is 3.25. The molecule has 0 bridgehead atoms. The quantitative estimate of drug-likeness (QED) is 0.479. The average molecular weight is 456 g/mol. The van der Waals surface area contributed by atoms with Gasteiger partial charge in [-0.15, -0.1) is 10.2 Å². The van der Waals surface area contributed by atoms with E-state index in [-0.39, 0.29) is 12.0 Å². The third-order valence-electron chi connectivity index (χ3n) is 4.76. The summed E-state index contributed by atoms with van der Waals surface area (Å²) in [6, 6.07) is 20.2. The fourth-order valence-electron chi connectivity index (χ4n) is 3.26. The molecule has 1 fully saturated rings. The summed E-state index contributed by atoms with van der Waals surface area (Å²) in [5.41, 5.74) is 2.25. The van der Waals surface area contributed by atoms with Crippen LogP contribution in [0.1, 0.15) is 5.56 Å². The largest absolute Gasteiger partial charge is 0.374 e. The van der Waals surface area contributed by atoms with Crippen LogP contribution in [0.3, 0.4) is 0 Å². The van der Waals surface area contributed by atoms with E-state index in [9.17, 15) is 4.79 Å². The Morgan fingerprint density at radius 3 is 2.71 bits per heavy atom. The predicted octanol–water partition coefficient (Wildman–Crippen LogP) is 3.39. The molecule has 1 unspecified atom stereocenters.